The van der Waals surface area contributed by atoms with E-state index in [9.17, 15) is 26.9 Å². The molecule has 3 aromatic rings. The lowest BCUT2D eigenvalue weighted by Gasteiger charge is -2.29. The molecule has 178 valence electrons. The number of rotatable bonds is 6. The van der Waals surface area contributed by atoms with Gasteiger partial charge in [-0.2, -0.15) is 23.2 Å². The third-order valence-electron chi connectivity index (χ3n) is 6.53. The number of hydrogen-bond acceptors (Lipinski definition) is 5. The normalized spacial score (nSPS) is 18.0. The zero-order valence-electron chi connectivity index (χ0n) is 18.3. The molecule has 2 aliphatic rings. The second-order valence-electron chi connectivity index (χ2n) is 8.94. The largest absolute Gasteiger partial charge is 0.404 e. The summed E-state index contributed by atoms with van der Waals surface area (Å²) in [6.45, 7) is 0.735. The Labute approximate surface area is 194 Å². The summed E-state index contributed by atoms with van der Waals surface area (Å²) in [7, 11) is -4.43. The Balaban J connectivity index is 1.58. The highest BCUT2D eigenvalue weighted by Gasteiger charge is 2.39. The van der Waals surface area contributed by atoms with Gasteiger partial charge >= 0.3 is 6.18 Å². The second-order valence-corrected chi connectivity index (χ2v) is 10.6. The molecule has 0 spiro atoms. The highest BCUT2D eigenvalue weighted by Crippen LogP contribution is 2.44. The van der Waals surface area contributed by atoms with Crippen molar-refractivity contribution in [2.75, 3.05) is 0 Å². The van der Waals surface area contributed by atoms with Crippen molar-refractivity contribution in [1.82, 2.24) is 19.3 Å². The Kier molecular flexibility index (Phi) is 5.41. The van der Waals surface area contributed by atoms with Crippen molar-refractivity contribution in [2.45, 2.75) is 68.1 Å². The van der Waals surface area contributed by atoms with Gasteiger partial charge in [0.1, 0.15) is 22.7 Å². The first-order valence-electron chi connectivity index (χ1n) is 11.1. The number of nitrogens with one attached hydrogen (secondary N) is 1. The summed E-state index contributed by atoms with van der Waals surface area (Å²) in [5, 5.41) is 10.7. The van der Waals surface area contributed by atoms with Crippen LogP contribution in [0.5, 0.6) is 0 Å². The SMILES string of the molecule is C[C@@H](NS(=O)(=O)c1ccc(-c2c(C#N)c3ccc(C4CC4)nc3n2C2CCC2)nc1)C(F)(F)F. The topological polar surface area (TPSA) is 101 Å². The molecule has 7 nitrogen and oxygen atoms in total. The van der Waals surface area contributed by atoms with Crippen LogP contribution in [0.1, 0.15) is 62.2 Å². The molecule has 0 amide bonds. The zero-order valence-corrected chi connectivity index (χ0v) is 19.1. The highest BCUT2D eigenvalue weighted by atomic mass is 32.2. The summed E-state index contributed by atoms with van der Waals surface area (Å²) in [5.41, 5.74) is 3.06. The molecule has 11 heteroatoms. The molecule has 1 atom stereocenters. The van der Waals surface area contributed by atoms with Crippen LogP contribution in [0.4, 0.5) is 13.2 Å². The van der Waals surface area contributed by atoms with Crippen LogP contribution in [-0.2, 0) is 10.0 Å². The number of nitriles is 1. The van der Waals surface area contributed by atoms with E-state index in [2.05, 4.69) is 11.1 Å². The maximum Gasteiger partial charge on any atom is 0.404 e. The molecule has 2 aliphatic carbocycles. The summed E-state index contributed by atoms with van der Waals surface area (Å²) in [4.78, 5) is 8.76. The second kappa shape index (κ2) is 8.06. The molecule has 0 aromatic carbocycles. The van der Waals surface area contributed by atoms with Crippen molar-refractivity contribution in [2.24, 2.45) is 0 Å². The van der Waals surface area contributed by atoms with E-state index in [-0.39, 0.29) is 10.9 Å². The first kappa shape index (κ1) is 22.8. The van der Waals surface area contributed by atoms with Crippen molar-refractivity contribution < 1.29 is 21.6 Å². The van der Waals surface area contributed by atoms with E-state index in [1.807, 2.05) is 16.7 Å². The predicted octanol–water partition coefficient (Wildman–Crippen LogP) is 4.80. The van der Waals surface area contributed by atoms with E-state index >= 15 is 0 Å². The van der Waals surface area contributed by atoms with Crippen molar-refractivity contribution in [1.29, 1.82) is 5.26 Å². The molecular weight excluding hydrogens is 467 g/mol. The predicted molar refractivity (Wildman–Crippen MR) is 118 cm³/mol. The van der Waals surface area contributed by atoms with E-state index in [1.54, 1.807) is 4.72 Å². The molecule has 2 fully saturated rings. The Bertz CT molecular complexity index is 1400. The first-order chi connectivity index (χ1) is 16.1. The lowest BCUT2D eigenvalue weighted by molar-refractivity contribution is -0.147. The Hall–Kier alpha value is -2.97. The Morgan fingerprint density at radius 1 is 1.18 bits per heavy atom. The van der Waals surface area contributed by atoms with Gasteiger partial charge in [-0.1, -0.05) is 0 Å². The molecule has 2 saturated carbocycles. The monoisotopic (exact) mass is 489 g/mol. The number of fused-ring (bicyclic) bond motifs is 1. The van der Waals surface area contributed by atoms with Crippen LogP contribution < -0.4 is 4.72 Å². The van der Waals surface area contributed by atoms with Crippen molar-refractivity contribution in [3.8, 4) is 17.5 Å². The van der Waals surface area contributed by atoms with Crippen LogP contribution in [0, 0.1) is 11.3 Å². The average molecular weight is 490 g/mol. The maximum absolute atomic E-state index is 12.8. The smallest absolute Gasteiger partial charge is 0.320 e. The van der Waals surface area contributed by atoms with Crippen LogP contribution >= 0.6 is 0 Å². The van der Waals surface area contributed by atoms with Crippen molar-refractivity contribution in [3.63, 3.8) is 0 Å². The first-order valence-corrected chi connectivity index (χ1v) is 12.6. The minimum Gasteiger partial charge on any atom is -0.320 e. The Morgan fingerprint density at radius 2 is 1.91 bits per heavy atom. The molecule has 0 aliphatic heterocycles. The molecule has 3 aromatic heterocycles. The summed E-state index contributed by atoms with van der Waals surface area (Å²) >= 11 is 0. The van der Waals surface area contributed by atoms with Gasteiger partial charge in [-0.05, 0) is 63.3 Å². The van der Waals surface area contributed by atoms with Crippen LogP contribution in [0.3, 0.4) is 0 Å². The number of alkyl halides is 3. The van der Waals surface area contributed by atoms with E-state index in [0.29, 0.717) is 28.3 Å². The van der Waals surface area contributed by atoms with Gasteiger partial charge in [-0.15, -0.1) is 0 Å². The Morgan fingerprint density at radius 3 is 2.44 bits per heavy atom. The van der Waals surface area contributed by atoms with Crippen LogP contribution in [-0.4, -0.2) is 35.2 Å². The summed E-state index contributed by atoms with van der Waals surface area (Å²) < 4.78 is 67.0. The van der Waals surface area contributed by atoms with E-state index < -0.39 is 22.2 Å². The fourth-order valence-corrected chi connectivity index (χ4v) is 5.39. The van der Waals surface area contributed by atoms with Crippen LogP contribution in [0.25, 0.3) is 22.4 Å². The number of sulfonamides is 1. The lowest BCUT2D eigenvalue weighted by atomic mass is 9.92. The molecule has 0 saturated heterocycles. The molecule has 34 heavy (non-hydrogen) atoms. The van der Waals surface area contributed by atoms with Crippen molar-refractivity contribution >= 4 is 21.1 Å². The molecule has 5 rings (SSSR count). The molecule has 3 heterocycles. The van der Waals surface area contributed by atoms with Crippen LogP contribution in [0.2, 0.25) is 0 Å². The number of pyridine rings is 2. The van der Waals surface area contributed by atoms with Gasteiger partial charge in [-0.3, -0.25) is 4.98 Å². The van der Waals surface area contributed by atoms with E-state index in [4.69, 9.17) is 4.98 Å². The van der Waals surface area contributed by atoms with Crippen molar-refractivity contribution in [3.05, 3.63) is 41.7 Å². The summed E-state index contributed by atoms with van der Waals surface area (Å²) in [5.74, 6) is 0.442. The van der Waals surface area contributed by atoms with Gasteiger partial charge in [0.25, 0.3) is 0 Å². The van der Waals surface area contributed by atoms with E-state index in [0.717, 1.165) is 56.6 Å². The fraction of sp³-hybridized carbons (Fsp3) is 0.435. The fourth-order valence-electron chi connectivity index (χ4n) is 4.21. The summed E-state index contributed by atoms with van der Waals surface area (Å²) in [6.07, 6.45) is 1.43. The minimum atomic E-state index is -4.71. The van der Waals surface area contributed by atoms with Crippen LogP contribution in [0.15, 0.2) is 35.4 Å². The maximum atomic E-state index is 12.8. The number of hydrogen-bond donors (Lipinski definition) is 1. The van der Waals surface area contributed by atoms with E-state index in [1.165, 1.54) is 12.1 Å². The average Bonchev–Trinajstić information content (AvgIpc) is 3.55. The third kappa shape index (κ3) is 3.95. The molecule has 0 bridgehead atoms. The molecular formula is C23H22F3N5O2S. The molecule has 0 radical (unpaired) electrons. The number of aromatic nitrogens is 3. The quantitative estimate of drug-likeness (QED) is 0.536. The van der Waals surface area contributed by atoms with Gasteiger partial charge < -0.3 is 4.57 Å². The van der Waals surface area contributed by atoms with Gasteiger partial charge in [-0.25, -0.2) is 13.4 Å². The zero-order chi connectivity index (χ0) is 24.3. The lowest BCUT2D eigenvalue weighted by Crippen LogP contribution is -2.42. The standard InChI is InChI=1S/C23H22F3N5O2S/c1-13(23(24,25)26)30-34(32,33)16-7-9-20(28-12-16)21-18(11-27)17-8-10-19(14-5-6-14)29-22(17)31(21)15-3-2-4-15/h7-10,12-15,30H,2-6H2,1H3/t13-/m1/s1. The number of halogens is 3. The minimum absolute atomic E-state index is 0.154. The van der Waals surface area contributed by atoms with Gasteiger partial charge in [0, 0.05) is 29.2 Å². The highest BCUT2D eigenvalue weighted by molar-refractivity contribution is 7.89. The molecule has 0 unspecified atom stereocenters. The summed E-state index contributed by atoms with van der Waals surface area (Å²) in [6, 6.07) is 6.67. The van der Waals surface area contributed by atoms with Gasteiger partial charge in [0.2, 0.25) is 10.0 Å². The third-order valence-corrected chi connectivity index (χ3v) is 8.06. The van der Waals surface area contributed by atoms with Gasteiger partial charge in [0.15, 0.2) is 0 Å². The molecule has 1 N–H and O–H groups in total. The number of nitrogens with zero attached hydrogens (tertiary/aromatic N) is 4. The van der Waals surface area contributed by atoms with Gasteiger partial charge in [0.05, 0.1) is 17.0 Å².